The second-order valence-electron chi connectivity index (χ2n) is 4.58. The van der Waals surface area contributed by atoms with Crippen LogP contribution in [0, 0.1) is 0 Å². The van der Waals surface area contributed by atoms with Crippen molar-refractivity contribution in [2.24, 2.45) is 0 Å². The van der Waals surface area contributed by atoms with Crippen LogP contribution >= 0.6 is 0 Å². The van der Waals surface area contributed by atoms with Gasteiger partial charge in [-0.2, -0.15) is 0 Å². The number of ether oxygens (including phenoxy) is 1. The Kier molecular flexibility index (Phi) is 5.32. The quantitative estimate of drug-likeness (QED) is 0.678. The Morgan fingerprint density at radius 1 is 1.32 bits per heavy atom. The molecule has 1 aromatic heterocycles. The van der Waals surface area contributed by atoms with Gasteiger partial charge in [0.2, 0.25) is 0 Å². The van der Waals surface area contributed by atoms with Gasteiger partial charge in [0.05, 0.1) is 25.3 Å². The lowest BCUT2D eigenvalue weighted by molar-refractivity contribution is 0.111. The summed E-state index contributed by atoms with van der Waals surface area (Å²) in [6, 6.07) is 7.38. The molecule has 1 heterocycles. The van der Waals surface area contributed by atoms with Crippen LogP contribution in [0.25, 0.3) is 0 Å². The zero-order valence-corrected chi connectivity index (χ0v) is 12.2. The lowest BCUT2D eigenvalue weighted by Gasteiger charge is -2.11. The molecule has 0 unspecified atom stereocenters. The molecule has 0 fully saturated rings. The summed E-state index contributed by atoms with van der Waals surface area (Å²) in [7, 11) is 0. The third kappa shape index (κ3) is 3.53. The molecule has 2 rings (SSSR count). The van der Waals surface area contributed by atoms with Crippen LogP contribution in [0.1, 0.15) is 28.5 Å². The van der Waals surface area contributed by atoms with E-state index < -0.39 is 0 Å². The largest absolute Gasteiger partial charge is 0.505 e. The molecule has 0 aliphatic carbocycles. The molecule has 116 valence electrons. The molecule has 0 aliphatic heterocycles. The third-order valence-electron chi connectivity index (χ3n) is 3.16. The van der Waals surface area contributed by atoms with Crippen molar-refractivity contribution < 1.29 is 19.7 Å². The predicted molar refractivity (Wildman–Crippen MR) is 82.1 cm³/mol. The number of nitrogens with one attached hydrogen (secondary N) is 1. The molecule has 1 aromatic carbocycles. The van der Waals surface area contributed by atoms with Crippen LogP contribution < -0.4 is 10.1 Å². The van der Waals surface area contributed by atoms with E-state index in [0.717, 1.165) is 11.4 Å². The molecule has 0 spiro atoms. The summed E-state index contributed by atoms with van der Waals surface area (Å²) < 4.78 is 5.36. The number of hydrogen-bond acceptors (Lipinski definition) is 6. The van der Waals surface area contributed by atoms with Gasteiger partial charge in [0.25, 0.3) is 0 Å². The summed E-state index contributed by atoms with van der Waals surface area (Å²) in [5.41, 5.74) is 1.55. The van der Waals surface area contributed by atoms with Crippen LogP contribution in [-0.4, -0.2) is 28.1 Å². The summed E-state index contributed by atoms with van der Waals surface area (Å²) >= 11 is 0. The molecule has 0 saturated heterocycles. The van der Waals surface area contributed by atoms with Crippen LogP contribution in [0.5, 0.6) is 11.5 Å². The average molecular weight is 302 g/mol. The van der Waals surface area contributed by atoms with Gasteiger partial charge < -0.3 is 20.3 Å². The summed E-state index contributed by atoms with van der Waals surface area (Å²) in [5, 5.41) is 22.2. The van der Waals surface area contributed by atoms with E-state index in [1.807, 2.05) is 31.2 Å². The number of aliphatic hydroxyl groups excluding tert-OH is 1. The van der Waals surface area contributed by atoms with Gasteiger partial charge in [-0.25, -0.2) is 0 Å². The van der Waals surface area contributed by atoms with Gasteiger partial charge in [-0.15, -0.1) is 0 Å². The minimum atomic E-state index is -0.346. The normalized spacial score (nSPS) is 10.3. The first-order chi connectivity index (χ1) is 10.7. The fraction of sp³-hybridized carbons (Fsp3) is 0.250. The van der Waals surface area contributed by atoms with Crippen molar-refractivity contribution in [3.63, 3.8) is 0 Å². The van der Waals surface area contributed by atoms with E-state index in [0.29, 0.717) is 24.2 Å². The average Bonchev–Trinajstić information content (AvgIpc) is 2.55. The number of pyridine rings is 1. The predicted octanol–water partition coefficient (Wildman–Crippen LogP) is 2.10. The number of hydrogen-bond donors (Lipinski definition) is 3. The fourth-order valence-electron chi connectivity index (χ4n) is 2.00. The summed E-state index contributed by atoms with van der Waals surface area (Å²) in [4.78, 5) is 15.1. The number of rotatable bonds is 7. The minimum Gasteiger partial charge on any atom is -0.505 e. The number of aldehydes is 1. The smallest absolute Gasteiger partial charge is 0.154 e. The summed E-state index contributed by atoms with van der Waals surface area (Å²) in [5.74, 6) is 0.574. The van der Waals surface area contributed by atoms with Crippen molar-refractivity contribution in [1.82, 2.24) is 4.98 Å². The number of anilines is 1. The highest BCUT2D eigenvalue weighted by molar-refractivity contribution is 5.81. The van der Waals surface area contributed by atoms with Gasteiger partial charge in [-0.3, -0.25) is 9.78 Å². The number of benzene rings is 1. The lowest BCUT2D eigenvalue weighted by atomic mass is 10.1. The van der Waals surface area contributed by atoms with Crippen LogP contribution in [-0.2, 0) is 13.2 Å². The Labute approximate surface area is 128 Å². The molecule has 0 atom stereocenters. The highest BCUT2D eigenvalue weighted by Crippen LogP contribution is 2.24. The molecule has 0 bridgehead atoms. The molecule has 0 amide bonds. The maximum atomic E-state index is 11.0. The molecule has 0 saturated carbocycles. The molecular weight excluding hydrogens is 284 g/mol. The molecule has 0 aliphatic rings. The maximum Gasteiger partial charge on any atom is 0.154 e. The number of carbonyl (C=O) groups excluding carboxylic acids is 1. The number of nitrogens with zero attached hydrogens (tertiary/aromatic N) is 1. The topological polar surface area (TPSA) is 91.7 Å². The Hall–Kier alpha value is -2.60. The van der Waals surface area contributed by atoms with Gasteiger partial charge in [-0.1, -0.05) is 0 Å². The number of aromatic nitrogens is 1. The van der Waals surface area contributed by atoms with E-state index in [1.165, 1.54) is 6.20 Å². The molecule has 6 nitrogen and oxygen atoms in total. The lowest BCUT2D eigenvalue weighted by Crippen LogP contribution is -2.05. The highest BCUT2D eigenvalue weighted by Gasteiger charge is 2.12. The third-order valence-corrected chi connectivity index (χ3v) is 3.16. The molecule has 0 radical (unpaired) electrons. The Morgan fingerprint density at radius 2 is 2.05 bits per heavy atom. The van der Waals surface area contributed by atoms with Crippen LogP contribution in [0.3, 0.4) is 0 Å². The second-order valence-corrected chi connectivity index (χ2v) is 4.58. The number of carbonyl (C=O) groups is 1. The first-order valence-corrected chi connectivity index (χ1v) is 6.92. The minimum absolute atomic E-state index is 0.0704. The molecule has 2 aromatic rings. The van der Waals surface area contributed by atoms with Crippen molar-refractivity contribution in [3.05, 3.63) is 47.3 Å². The fourth-order valence-corrected chi connectivity index (χ4v) is 2.00. The summed E-state index contributed by atoms with van der Waals surface area (Å²) in [6.07, 6.45) is 1.90. The standard InChI is InChI=1S/C16H18N2O4/c1-2-22-13-5-3-12(4-6-13)17-8-15-16(21)14(10-20)11(9-19)7-18-15/h3-7,10,17,19,21H,2,8-9H2,1H3. The maximum absolute atomic E-state index is 11.0. The van der Waals surface area contributed by atoms with Crippen LogP contribution in [0.2, 0.25) is 0 Å². The van der Waals surface area contributed by atoms with Gasteiger partial charge in [-0.05, 0) is 31.2 Å². The van der Waals surface area contributed by atoms with E-state index >= 15 is 0 Å². The first-order valence-electron chi connectivity index (χ1n) is 6.92. The first kappa shape index (κ1) is 15.8. The molecule has 22 heavy (non-hydrogen) atoms. The molecule has 6 heteroatoms. The van der Waals surface area contributed by atoms with Crippen LogP contribution in [0.4, 0.5) is 5.69 Å². The van der Waals surface area contributed by atoms with Crippen molar-refractivity contribution in [2.75, 3.05) is 11.9 Å². The van der Waals surface area contributed by atoms with Crippen molar-refractivity contribution in [2.45, 2.75) is 20.1 Å². The van der Waals surface area contributed by atoms with Crippen molar-refractivity contribution in [1.29, 1.82) is 0 Å². The number of aliphatic hydroxyl groups is 1. The van der Waals surface area contributed by atoms with Gasteiger partial charge in [0.1, 0.15) is 17.2 Å². The van der Waals surface area contributed by atoms with Gasteiger partial charge in [0, 0.05) is 17.4 Å². The van der Waals surface area contributed by atoms with E-state index in [-0.39, 0.29) is 24.5 Å². The van der Waals surface area contributed by atoms with E-state index in [1.54, 1.807) is 0 Å². The zero-order chi connectivity index (χ0) is 15.9. The Morgan fingerprint density at radius 3 is 2.64 bits per heavy atom. The SMILES string of the molecule is CCOc1ccc(NCc2ncc(CO)c(C=O)c2O)cc1. The second kappa shape index (κ2) is 7.42. The van der Waals surface area contributed by atoms with E-state index in [9.17, 15) is 9.90 Å². The van der Waals surface area contributed by atoms with Crippen LogP contribution in [0.15, 0.2) is 30.5 Å². The Bertz CT molecular complexity index is 641. The highest BCUT2D eigenvalue weighted by atomic mass is 16.5. The van der Waals surface area contributed by atoms with E-state index in [4.69, 9.17) is 9.84 Å². The molecular formula is C16H18N2O4. The Balaban J connectivity index is 2.09. The van der Waals surface area contributed by atoms with Crippen molar-refractivity contribution in [3.8, 4) is 11.5 Å². The zero-order valence-electron chi connectivity index (χ0n) is 12.2. The van der Waals surface area contributed by atoms with E-state index in [2.05, 4.69) is 10.3 Å². The summed E-state index contributed by atoms with van der Waals surface area (Å²) in [6.45, 7) is 2.44. The van der Waals surface area contributed by atoms with Gasteiger partial charge >= 0.3 is 0 Å². The van der Waals surface area contributed by atoms with Gasteiger partial charge in [0.15, 0.2) is 6.29 Å². The molecule has 3 N–H and O–H groups in total. The monoisotopic (exact) mass is 302 g/mol. The van der Waals surface area contributed by atoms with Crippen molar-refractivity contribution >= 4 is 12.0 Å². The number of aromatic hydroxyl groups is 1.